The molecule has 1 aliphatic rings. The molecule has 0 aromatic heterocycles. The number of hydrogen-bond acceptors (Lipinski definition) is 3. The van der Waals surface area contributed by atoms with E-state index < -0.39 is 11.0 Å². The van der Waals surface area contributed by atoms with Crippen molar-refractivity contribution in [2.45, 2.75) is 66.9 Å². The van der Waals surface area contributed by atoms with E-state index in [0.29, 0.717) is 12.2 Å². The highest BCUT2D eigenvalue weighted by Crippen LogP contribution is 2.44. The fourth-order valence-electron chi connectivity index (χ4n) is 3.20. The third kappa shape index (κ3) is 2.43. The van der Waals surface area contributed by atoms with Gasteiger partial charge in [-0.3, -0.25) is 4.79 Å². The molecule has 2 rings (SSSR count). The molecule has 21 heavy (non-hydrogen) atoms. The summed E-state index contributed by atoms with van der Waals surface area (Å²) in [6.07, 6.45) is 1.41. The summed E-state index contributed by atoms with van der Waals surface area (Å²) in [5, 5.41) is 10.2. The van der Waals surface area contributed by atoms with Gasteiger partial charge in [0.25, 0.3) is 0 Å². The minimum absolute atomic E-state index is 0.128. The van der Waals surface area contributed by atoms with Gasteiger partial charge >= 0.3 is 0 Å². The number of fused-ring (bicyclic) bond motifs is 1. The maximum Gasteiger partial charge on any atom is 0.181 e. The second kappa shape index (κ2) is 4.75. The van der Waals surface area contributed by atoms with Crippen LogP contribution < -0.4 is 4.74 Å². The lowest BCUT2D eigenvalue weighted by Gasteiger charge is -2.39. The van der Waals surface area contributed by atoms with E-state index in [1.165, 1.54) is 0 Å². The highest BCUT2D eigenvalue weighted by molar-refractivity contribution is 5.92. The zero-order valence-electron chi connectivity index (χ0n) is 14.2. The zero-order valence-corrected chi connectivity index (χ0v) is 14.2. The normalized spacial score (nSPS) is 21.7. The van der Waals surface area contributed by atoms with Crippen molar-refractivity contribution in [3.8, 4) is 11.5 Å². The average molecular weight is 290 g/mol. The van der Waals surface area contributed by atoms with Crippen molar-refractivity contribution in [3.05, 3.63) is 22.3 Å². The maximum atomic E-state index is 12.7. The first kappa shape index (κ1) is 15.9. The molecule has 1 aliphatic heterocycles. The van der Waals surface area contributed by atoms with Crippen molar-refractivity contribution in [2.24, 2.45) is 5.41 Å². The average Bonchev–Trinajstić information content (AvgIpc) is 2.41. The van der Waals surface area contributed by atoms with Crippen LogP contribution in [0.15, 0.2) is 0 Å². The molecule has 1 unspecified atom stereocenters. The summed E-state index contributed by atoms with van der Waals surface area (Å²) in [7, 11) is 0. The number of hydrogen-bond donors (Lipinski definition) is 1. The fraction of sp³-hybridized carbons (Fsp3) is 0.611. The number of carbonyl (C=O) groups is 1. The van der Waals surface area contributed by atoms with E-state index in [-0.39, 0.29) is 5.78 Å². The topological polar surface area (TPSA) is 46.5 Å². The fourth-order valence-corrected chi connectivity index (χ4v) is 3.20. The highest BCUT2D eigenvalue weighted by Gasteiger charge is 2.45. The number of phenolic OH excluding ortho intramolecular Hbond substituents is 1. The third-order valence-electron chi connectivity index (χ3n) is 4.68. The number of ether oxygens (including phenoxy) is 1. The Hall–Kier alpha value is -1.51. The molecule has 116 valence electrons. The summed E-state index contributed by atoms with van der Waals surface area (Å²) in [6.45, 7) is 13.4. The highest BCUT2D eigenvalue weighted by atomic mass is 16.5. The second-order valence-corrected chi connectivity index (χ2v) is 7.44. The standard InChI is InChI=1S/C18H26O3/c1-10-11(2)15-13(12(3)14(10)19)8-9-18(7,21-15)16(20)17(4,5)6/h19H,8-9H2,1-7H3. The Morgan fingerprint density at radius 1 is 1.14 bits per heavy atom. The van der Waals surface area contributed by atoms with Gasteiger partial charge < -0.3 is 9.84 Å². The molecule has 0 radical (unpaired) electrons. The molecule has 1 atom stereocenters. The number of phenols is 1. The van der Waals surface area contributed by atoms with Gasteiger partial charge in [-0.2, -0.15) is 0 Å². The third-order valence-corrected chi connectivity index (χ3v) is 4.68. The number of Topliss-reactive ketones (excluding diaryl/α,β-unsaturated/α-hetero) is 1. The van der Waals surface area contributed by atoms with E-state index in [4.69, 9.17) is 4.74 Å². The number of carbonyl (C=O) groups excluding carboxylic acids is 1. The molecule has 3 heteroatoms. The minimum atomic E-state index is -0.786. The van der Waals surface area contributed by atoms with Gasteiger partial charge in [0.05, 0.1) is 0 Å². The lowest BCUT2D eigenvalue weighted by molar-refractivity contribution is -0.142. The molecule has 1 N–H and O–H groups in total. The van der Waals surface area contributed by atoms with Crippen molar-refractivity contribution in [2.75, 3.05) is 0 Å². The zero-order chi connectivity index (χ0) is 16.2. The summed E-state index contributed by atoms with van der Waals surface area (Å²) in [5.74, 6) is 1.26. The van der Waals surface area contributed by atoms with Crippen LogP contribution in [0.5, 0.6) is 11.5 Å². The molecule has 0 spiro atoms. The number of ketones is 1. The Labute approximate surface area is 127 Å². The van der Waals surface area contributed by atoms with Gasteiger partial charge in [-0.15, -0.1) is 0 Å². The van der Waals surface area contributed by atoms with E-state index >= 15 is 0 Å². The van der Waals surface area contributed by atoms with E-state index in [1.54, 1.807) is 0 Å². The van der Waals surface area contributed by atoms with Crippen LogP contribution in [0, 0.1) is 26.2 Å². The first-order chi connectivity index (χ1) is 9.49. The molecular weight excluding hydrogens is 264 g/mol. The molecular formula is C18H26O3. The largest absolute Gasteiger partial charge is 0.507 e. The first-order valence-electron chi connectivity index (χ1n) is 7.54. The lowest BCUT2D eigenvalue weighted by atomic mass is 9.76. The second-order valence-electron chi connectivity index (χ2n) is 7.44. The van der Waals surface area contributed by atoms with Crippen LogP contribution in [0.4, 0.5) is 0 Å². The van der Waals surface area contributed by atoms with E-state index in [0.717, 1.165) is 34.4 Å². The Morgan fingerprint density at radius 2 is 1.71 bits per heavy atom. The van der Waals surface area contributed by atoms with Crippen LogP contribution >= 0.6 is 0 Å². The molecule has 0 amide bonds. The van der Waals surface area contributed by atoms with Gasteiger partial charge in [-0.25, -0.2) is 0 Å². The van der Waals surface area contributed by atoms with E-state index in [1.807, 2.05) is 48.5 Å². The minimum Gasteiger partial charge on any atom is -0.507 e. The molecule has 0 saturated carbocycles. The van der Waals surface area contributed by atoms with Crippen molar-refractivity contribution in [1.29, 1.82) is 0 Å². The van der Waals surface area contributed by atoms with Crippen LogP contribution in [-0.4, -0.2) is 16.5 Å². The summed E-state index contributed by atoms with van der Waals surface area (Å²) in [5.41, 5.74) is 2.46. The van der Waals surface area contributed by atoms with E-state index in [2.05, 4.69) is 0 Å². The van der Waals surface area contributed by atoms with Crippen molar-refractivity contribution in [1.82, 2.24) is 0 Å². The Kier molecular flexibility index (Phi) is 3.59. The molecule has 0 aliphatic carbocycles. The predicted molar refractivity (Wildman–Crippen MR) is 84.1 cm³/mol. The molecule has 0 fully saturated rings. The lowest BCUT2D eigenvalue weighted by Crippen LogP contribution is -2.49. The summed E-state index contributed by atoms with van der Waals surface area (Å²) >= 11 is 0. The van der Waals surface area contributed by atoms with Gasteiger partial charge in [0.15, 0.2) is 11.4 Å². The Bertz CT molecular complexity index is 608. The van der Waals surface area contributed by atoms with Gasteiger partial charge in [0.2, 0.25) is 0 Å². The molecule has 1 heterocycles. The Morgan fingerprint density at radius 3 is 2.24 bits per heavy atom. The molecule has 1 aromatic carbocycles. The van der Waals surface area contributed by atoms with Gasteiger partial charge in [0.1, 0.15) is 11.5 Å². The van der Waals surface area contributed by atoms with Crippen LogP contribution in [0.3, 0.4) is 0 Å². The molecule has 0 saturated heterocycles. The first-order valence-corrected chi connectivity index (χ1v) is 7.54. The summed E-state index contributed by atoms with van der Waals surface area (Å²) in [4.78, 5) is 12.7. The van der Waals surface area contributed by atoms with Crippen LogP contribution in [-0.2, 0) is 11.2 Å². The molecule has 0 bridgehead atoms. The van der Waals surface area contributed by atoms with Crippen LogP contribution in [0.25, 0.3) is 0 Å². The smallest absolute Gasteiger partial charge is 0.181 e. The predicted octanol–water partition coefficient (Wildman–Crippen LogP) is 4.02. The quantitative estimate of drug-likeness (QED) is 0.850. The van der Waals surface area contributed by atoms with Crippen molar-refractivity contribution >= 4 is 5.78 Å². The Balaban J connectivity index is 2.53. The number of rotatable bonds is 1. The van der Waals surface area contributed by atoms with Crippen molar-refractivity contribution < 1.29 is 14.6 Å². The monoisotopic (exact) mass is 290 g/mol. The maximum absolute atomic E-state index is 12.7. The van der Waals surface area contributed by atoms with Gasteiger partial charge in [-0.05, 0) is 57.2 Å². The SMILES string of the molecule is Cc1c(C)c2c(c(C)c1O)CCC(C)(C(=O)C(C)(C)C)O2. The molecule has 3 nitrogen and oxygen atoms in total. The van der Waals surface area contributed by atoms with Crippen LogP contribution in [0.2, 0.25) is 0 Å². The summed E-state index contributed by atoms with van der Waals surface area (Å²) in [6, 6.07) is 0. The van der Waals surface area contributed by atoms with E-state index in [9.17, 15) is 9.90 Å². The number of benzene rings is 1. The summed E-state index contributed by atoms with van der Waals surface area (Å²) < 4.78 is 6.19. The number of aromatic hydroxyl groups is 1. The molecule has 1 aromatic rings. The van der Waals surface area contributed by atoms with Gasteiger partial charge in [0, 0.05) is 11.0 Å². The van der Waals surface area contributed by atoms with Crippen molar-refractivity contribution in [3.63, 3.8) is 0 Å². The van der Waals surface area contributed by atoms with Gasteiger partial charge in [-0.1, -0.05) is 20.8 Å². The van der Waals surface area contributed by atoms with Crippen LogP contribution in [0.1, 0.15) is 56.4 Å².